The lowest BCUT2D eigenvalue weighted by Gasteiger charge is -2.11. The van der Waals surface area contributed by atoms with Crippen molar-refractivity contribution in [1.29, 1.82) is 0 Å². The third-order valence-electron chi connectivity index (χ3n) is 3.80. The maximum Gasteiger partial charge on any atom is 0.248 e. The van der Waals surface area contributed by atoms with Gasteiger partial charge in [-0.25, -0.2) is 4.98 Å². The summed E-state index contributed by atoms with van der Waals surface area (Å²) in [5, 5.41) is 5.85. The predicted molar refractivity (Wildman–Crippen MR) is 108 cm³/mol. The molecule has 1 heterocycles. The molecule has 0 radical (unpaired) electrons. The Balaban J connectivity index is 1.58. The number of carbonyl (C=O) groups excluding carboxylic acids is 2. The number of ether oxygens (including phenoxy) is 1. The van der Waals surface area contributed by atoms with Gasteiger partial charge >= 0.3 is 0 Å². The third kappa shape index (κ3) is 4.92. The molecule has 3 rings (SSSR count). The van der Waals surface area contributed by atoms with E-state index in [-0.39, 0.29) is 11.8 Å². The standard InChI is InChI=1S/C20H19N3O3S/c1-13(21-18(24)11-8-14-6-4-3-5-7-14)19(25)23-20-22-16-10-9-15(26-2)12-17(16)27-20/h3-13H,1-2H3,(H,21,24)(H,22,23,25). The number of methoxy groups -OCH3 is 1. The average Bonchev–Trinajstić information content (AvgIpc) is 3.08. The van der Waals surface area contributed by atoms with Crippen molar-refractivity contribution in [2.75, 3.05) is 12.4 Å². The minimum atomic E-state index is -0.695. The summed E-state index contributed by atoms with van der Waals surface area (Å²) < 4.78 is 6.10. The van der Waals surface area contributed by atoms with E-state index in [4.69, 9.17) is 4.74 Å². The van der Waals surface area contributed by atoms with Crippen molar-refractivity contribution in [1.82, 2.24) is 10.3 Å². The second-order valence-electron chi connectivity index (χ2n) is 5.82. The summed E-state index contributed by atoms with van der Waals surface area (Å²) in [6.45, 7) is 1.62. The molecule has 2 amide bonds. The van der Waals surface area contributed by atoms with Crippen molar-refractivity contribution in [3.05, 3.63) is 60.2 Å². The number of nitrogens with zero attached hydrogens (tertiary/aromatic N) is 1. The van der Waals surface area contributed by atoms with Crippen molar-refractivity contribution in [2.45, 2.75) is 13.0 Å². The number of carbonyl (C=O) groups is 2. The Morgan fingerprint density at radius 3 is 2.70 bits per heavy atom. The van der Waals surface area contributed by atoms with Gasteiger partial charge in [0.1, 0.15) is 11.8 Å². The molecule has 3 aromatic rings. The molecule has 0 saturated carbocycles. The molecule has 0 fully saturated rings. The molecule has 2 N–H and O–H groups in total. The largest absolute Gasteiger partial charge is 0.497 e. The lowest BCUT2D eigenvalue weighted by Crippen LogP contribution is -2.40. The Morgan fingerprint density at radius 1 is 1.19 bits per heavy atom. The van der Waals surface area contributed by atoms with Gasteiger partial charge in [0, 0.05) is 6.08 Å². The fourth-order valence-corrected chi connectivity index (χ4v) is 3.26. The third-order valence-corrected chi connectivity index (χ3v) is 4.74. The van der Waals surface area contributed by atoms with Crippen LogP contribution in [0.4, 0.5) is 5.13 Å². The van der Waals surface area contributed by atoms with Crippen LogP contribution in [-0.4, -0.2) is 29.9 Å². The first-order valence-corrected chi connectivity index (χ1v) is 9.16. The van der Waals surface area contributed by atoms with Gasteiger partial charge in [-0.2, -0.15) is 0 Å². The van der Waals surface area contributed by atoms with E-state index >= 15 is 0 Å². The molecular weight excluding hydrogens is 362 g/mol. The lowest BCUT2D eigenvalue weighted by atomic mass is 10.2. The maximum absolute atomic E-state index is 12.3. The summed E-state index contributed by atoms with van der Waals surface area (Å²) in [5.41, 5.74) is 1.69. The van der Waals surface area contributed by atoms with E-state index in [1.807, 2.05) is 48.5 Å². The van der Waals surface area contributed by atoms with E-state index < -0.39 is 6.04 Å². The fraction of sp³-hybridized carbons (Fsp3) is 0.150. The topological polar surface area (TPSA) is 80.3 Å². The number of thiazole rings is 1. The van der Waals surface area contributed by atoms with Crippen LogP contribution >= 0.6 is 11.3 Å². The monoisotopic (exact) mass is 381 g/mol. The van der Waals surface area contributed by atoms with E-state index in [1.165, 1.54) is 17.4 Å². The van der Waals surface area contributed by atoms with Crippen LogP contribution in [0.25, 0.3) is 16.3 Å². The van der Waals surface area contributed by atoms with Crippen LogP contribution in [-0.2, 0) is 9.59 Å². The summed E-state index contributed by atoms with van der Waals surface area (Å²) >= 11 is 1.35. The molecule has 0 aliphatic carbocycles. The molecule has 1 aromatic heterocycles. The van der Waals surface area contributed by atoms with Crippen molar-refractivity contribution in [3.63, 3.8) is 0 Å². The van der Waals surface area contributed by atoms with Gasteiger partial charge < -0.3 is 15.4 Å². The van der Waals surface area contributed by atoms with Gasteiger partial charge in [-0.3, -0.25) is 9.59 Å². The Bertz CT molecular complexity index is 983. The molecule has 0 aliphatic heterocycles. The van der Waals surface area contributed by atoms with Crippen molar-refractivity contribution >= 4 is 44.6 Å². The Morgan fingerprint density at radius 2 is 1.96 bits per heavy atom. The van der Waals surface area contributed by atoms with Crippen LogP contribution < -0.4 is 15.4 Å². The second-order valence-corrected chi connectivity index (χ2v) is 6.85. The zero-order valence-corrected chi connectivity index (χ0v) is 15.7. The zero-order chi connectivity index (χ0) is 19.2. The molecule has 138 valence electrons. The normalized spacial score (nSPS) is 12.1. The summed E-state index contributed by atoms with van der Waals surface area (Å²) in [6, 6.07) is 14.3. The van der Waals surface area contributed by atoms with Gasteiger partial charge in [-0.15, -0.1) is 0 Å². The Hall–Kier alpha value is -3.19. The lowest BCUT2D eigenvalue weighted by molar-refractivity contribution is -0.123. The van der Waals surface area contributed by atoms with Crippen LogP contribution in [0.1, 0.15) is 12.5 Å². The van der Waals surface area contributed by atoms with Crippen molar-refractivity contribution in [2.24, 2.45) is 0 Å². The van der Waals surface area contributed by atoms with Gasteiger partial charge in [0.25, 0.3) is 0 Å². The number of rotatable bonds is 6. The Kier molecular flexibility index (Phi) is 5.83. The highest BCUT2D eigenvalue weighted by molar-refractivity contribution is 7.22. The summed E-state index contributed by atoms with van der Waals surface area (Å²) in [7, 11) is 1.60. The minimum absolute atomic E-state index is 0.331. The number of fused-ring (bicyclic) bond motifs is 1. The van der Waals surface area contributed by atoms with Crippen molar-refractivity contribution < 1.29 is 14.3 Å². The first-order chi connectivity index (χ1) is 13.0. The number of benzene rings is 2. The molecule has 6 nitrogen and oxygen atoms in total. The van der Waals surface area contributed by atoms with Gasteiger partial charge in [-0.1, -0.05) is 41.7 Å². The van der Waals surface area contributed by atoms with Crippen LogP contribution in [0.15, 0.2) is 54.6 Å². The SMILES string of the molecule is COc1ccc2nc(NC(=O)C(C)NC(=O)C=Cc3ccccc3)sc2c1. The van der Waals surface area contributed by atoms with E-state index in [2.05, 4.69) is 15.6 Å². The number of amides is 2. The van der Waals surface area contributed by atoms with E-state index in [9.17, 15) is 9.59 Å². The van der Waals surface area contributed by atoms with Crippen molar-refractivity contribution in [3.8, 4) is 5.75 Å². The first-order valence-electron chi connectivity index (χ1n) is 8.34. The first kappa shape index (κ1) is 18.6. The molecule has 1 atom stereocenters. The molecule has 7 heteroatoms. The van der Waals surface area contributed by atoms with Gasteiger partial charge in [0.2, 0.25) is 11.8 Å². The molecule has 27 heavy (non-hydrogen) atoms. The predicted octanol–water partition coefficient (Wildman–Crippen LogP) is 3.46. The minimum Gasteiger partial charge on any atom is -0.497 e. The zero-order valence-electron chi connectivity index (χ0n) is 14.9. The van der Waals surface area contributed by atoms with E-state index in [1.54, 1.807) is 20.1 Å². The van der Waals surface area contributed by atoms with Gasteiger partial charge in [-0.05, 0) is 36.8 Å². The molecular formula is C20H19N3O3S. The van der Waals surface area contributed by atoms with Crippen LogP contribution in [0.2, 0.25) is 0 Å². The number of hydrogen-bond donors (Lipinski definition) is 2. The molecule has 1 unspecified atom stereocenters. The average molecular weight is 381 g/mol. The van der Waals surface area contributed by atoms with Crippen LogP contribution in [0.5, 0.6) is 5.75 Å². The summed E-state index contributed by atoms with van der Waals surface area (Å²) in [6.07, 6.45) is 3.10. The molecule has 0 aliphatic rings. The smallest absolute Gasteiger partial charge is 0.248 e. The quantitative estimate of drug-likeness (QED) is 0.641. The molecule has 0 saturated heterocycles. The van der Waals surface area contributed by atoms with Gasteiger partial charge in [0.05, 0.1) is 17.3 Å². The van der Waals surface area contributed by atoms with Crippen LogP contribution in [0, 0.1) is 0 Å². The molecule has 0 spiro atoms. The second kappa shape index (κ2) is 8.46. The van der Waals surface area contributed by atoms with Gasteiger partial charge in [0.15, 0.2) is 5.13 Å². The Labute approximate surface area is 160 Å². The maximum atomic E-state index is 12.3. The number of aromatic nitrogens is 1. The number of hydrogen-bond acceptors (Lipinski definition) is 5. The molecule has 2 aromatic carbocycles. The highest BCUT2D eigenvalue weighted by Gasteiger charge is 2.16. The number of nitrogens with one attached hydrogen (secondary N) is 2. The summed E-state index contributed by atoms with van der Waals surface area (Å²) in [5.74, 6) is 0.0629. The summed E-state index contributed by atoms with van der Waals surface area (Å²) in [4.78, 5) is 28.7. The highest BCUT2D eigenvalue weighted by Crippen LogP contribution is 2.29. The molecule has 0 bridgehead atoms. The van der Waals surface area contributed by atoms with E-state index in [0.717, 1.165) is 21.5 Å². The van der Waals surface area contributed by atoms with E-state index in [0.29, 0.717) is 5.13 Å². The van der Waals surface area contributed by atoms with Crippen LogP contribution in [0.3, 0.4) is 0 Å². The highest BCUT2D eigenvalue weighted by atomic mass is 32.1. The fourth-order valence-electron chi connectivity index (χ4n) is 2.36. The number of anilines is 1.